The molecular formula is C17H11Cl2FN2O2. The van der Waals surface area contributed by atoms with E-state index in [0.717, 1.165) is 0 Å². The van der Waals surface area contributed by atoms with Crippen LogP contribution in [0.15, 0.2) is 42.6 Å². The lowest BCUT2D eigenvalue weighted by Crippen LogP contribution is -2.12. The monoisotopic (exact) mass is 364 g/mol. The summed E-state index contributed by atoms with van der Waals surface area (Å²) in [6.07, 6.45) is 1.37. The molecule has 24 heavy (non-hydrogen) atoms. The van der Waals surface area contributed by atoms with Crippen molar-refractivity contribution in [3.63, 3.8) is 0 Å². The van der Waals surface area contributed by atoms with Crippen LogP contribution in [0.25, 0.3) is 10.9 Å². The van der Waals surface area contributed by atoms with Gasteiger partial charge in [0.15, 0.2) is 0 Å². The molecule has 0 bridgehead atoms. The Kier molecular flexibility index (Phi) is 4.30. The largest absolute Gasteiger partial charge is 0.319 e. The van der Waals surface area contributed by atoms with Crippen molar-refractivity contribution in [1.29, 1.82) is 0 Å². The van der Waals surface area contributed by atoms with Crippen molar-refractivity contribution >= 4 is 51.6 Å². The molecule has 0 aliphatic rings. The molecule has 0 atom stereocenters. The van der Waals surface area contributed by atoms with Crippen molar-refractivity contribution in [3.05, 3.63) is 64.0 Å². The summed E-state index contributed by atoms with van der Waals surface area (Å²) in [6, 6.07) is 8.71. The van der Waals surface area contributed by atoms with E-state index in [2.05, 4.69) is 5.32 Å². The van der Waals surface area contributed by atoms with Crippen molar-refractivity contribution in [2.24, 2.45) is 0 Å². The molecule has 1 heterocycles. The number of anilines is 1. The van der Waals surface area contributed by atoms with Crippen molar-refractivity contribution in [1.82, 2.24) is 4.57 Å². The first kappa shape index (κ1) is 16.5. The van der Waals surface area contributed by atoms with Gasteiger partial charge >= 0.3 is 0 Å². The molecule has 1 aromatic heterocycles. The molecule has 3 rings (SSSR count). The number of aromatic nitrogens is 1. The molecule has 122 valence electrons. The number of carbonyl (C=O) groups excluding carboxylic acids is 2. The molecule has 1 N–H and O–H groups in total. The number of hydrogen-bond donors (Lipinski definition) is 1. The average Bonchev–Trinajstić information content (AvgIpc) is 2.90. The first-order valence-corrected chi connectivity index (χ1v) is 7.71. The quantitative estimate of drug-likeness (QED) is 0.695. The molecule has 0 aliphatic carbocycles. The highest BCUT2D eigenvalue weighted by molar-refractivity contribution is 6.40. The van der Waals surface area contributed by atoms with Crippen LogP contribution in [0.2, 0.25) is 10.0 Å². The Labute approximate surface area is 146 Å². The van der Waals surface area contributed by atoms with Gasteiger partial charge in [-0.2, -0.15) is 0 Å². The Morgan fingerprint density at radius 1 is 1.12 bits per heavy atom. The highest BCUT2D eigenvalue weighted by atomic mass is 35.5. The highest BCUT2D eigenvalue weighted by Gasteiger charge is 2.19. The van der Waals surface area contributed by atoms with Gasteiger partial charge < -0.3 is 5.32 Å². The molecule has 0 radical (unpaired) electrons. The Morgan fingerprint density at radius 2 is 1.79 bits per heavy atom. The predicted octanol–water partition coefficient (Wildman–Crippen LogP) is 5.00. The van der Waals surface area contributed by atoms with E-state index in [1.54, 1.807) is 18.2 Å². The number of amides is 1. The lowest BCUT2D eigenvalue weighted by Gasteiger charge is -2.08. The van der Waals surface area contributed by atoms with Crippen molar-refractivity contribution in [2.45, 2.75) is 6.92 Å². The summed E-state index contributed by atoms with van der Waals surface area (Å²) in [4.78, 5) is 24.3. The maximum atomic E-state index is 13.6. The van der Waals surface area contributed by atoms with Gasteiger partial charge in [0, 0.05) is 18.5 Å². The van der Waals surface area contributed by atoms with Gasteiger partial charge in [-0.1, -0.05) is 29.3 Å². The number of para-hydroxylation sites is 1. The first-order valence-electron chi connectivity index (χ1n) is 6.95. The molecule has 3 aromatic rings. The number of fused-ring (bicyclic) bond motifs is 1. The minimum absolute atomic E-state index is 0.149. The van der Waals surface area contributed by atoms with Gasteiger partial charge in [0.05, 0.1) is 26.8 Å². The maximum absolute atomic E-state index is 13.6. The number of carbonyl (C=O) groups is 2. The number of nitrogens with zero attached hydrogens (tertiary/aromatic N) is 1. The van der Waals surface area contributed by atoms with Crippen LogP contribution in [0.3, 0.4) is 0 Å². The second-order valence-electron chi connectivity index (χ2n) is 5.14. The summed E-state index contributed by atoms with van der Waals surface area (Å²) < 4.78 is 14.9. The van der Waals surface area contributed by atoms with Crippen LogP contribution in [0.4, 0.5) is 10.1 Å². The van der Waals surface area contributed by atoms with Gasteiger partial charge in [0.2, 0.25) is 5.91 Å². The van der Waals surface area contributed by atoms with E-state index < -0.39 is 11.7 Å². The van der Waals surface area contributed by atoms with E-state index in [1.807, 2.05) is 0 Å². The summed E-state index contributed by atoms with van der Waals surface area (Å²) in [7, 11) is 0. The van der Waals surface area contributed by atoms with Gasteiger partial charge in [0.25, 0.3) is 5.91 Å². The van der Waals surface area contributed by atoms with E-state index in [9.17, 15) is 14.0 Å². The van der Waals surface area contributed by atoms with Crippen molar-refractivity contribution in [3.8, 4) is 0 Å². The summed E-state index contributed by atoms with van der Waals surface area (Å²) in [6.45, 7) is 1.36. The minimum Gasteiger partial charge on any atom is -0.319 e. The Bertz CT molecular complexity index is 962. The number of rotatable bonds is 2. The van der Waals surface area contributed by atoms with Crippen LogP contribution in [-0.2, 0) is 0 Å². The second kappa shape index (κ2) is 6.26. The third-order valence-corrected chi connectivity index (χ3v) is 4.18. The molecule has 7 heteroatoms. The zero-order chi connectivity index (χ0) is 17.4. The number of halogens is 3. The van der Waals surface area contributed by atoms with Crippen LogP contribution in [-0.4, -0.2) is 16.4 Å². The third kappa shape index (κ3) is 2.88. The van der Waals surface area contributed by atoms with Gasteiger partial charge in [-0.15, -0.1) is 0 Å². The lowest BCUT2D eigenvalue weighted by molar-refractivity contribution is 0.0941. The van der Waals surface area contributed by atoms with Crippen molar-refractivity contribution < 1.29 is 14.0 Å². The molecule has 1 amide bonds. The molecule has 0 saturated carbocycles. The summed E-state index contributed by atoms with van der Waals surface area (Å²) in [5, 5.41) is 3.48. The molecule has 0 saturated heterocycles. The van der Waals surface area contributed by atoms with Crippen molar-refractivity contribution in [2.75, 3.05) is 5.32 Å². The van der Waals surface area contributed by atoms with E-state index in [4.69, 9.17) is 23.2 Å². The average molecular weight is 365 g/mol. The normalized spacial score (nSPS) is 10.8. The number of hydrogen-bond acceptors (Lipinski definition) is 2. The van der Waals surface area contributed by atoms with Gasteiger partial charge in [-0.3, -0.25) is 14.2 Å². The molecule has 2 aromatic carbocycles. The van der Waals surface area contributed by atoms with Crippen LogP contribution in [0, 0.1) is 5.82 Å². The fourth-order valence-electron chi connectivity index (χ4n) is 2.44. The molecule has 0 aliphatic heterocycles. The zero-order valence-electron chi connectivity index (χ0n) is 12.4. The highest BCUT2D eigenvalue weighted by Crippen LogP contribution is 2.31. The first-order chi connectivity index (χ1) is 11.4. The molecule has 0 spiro atoms. The lowest BCUT2D eigenvalue weighted by atomic mass is 10.1. The van der Waals surface area contributed by atoms with Crippen LogP contribution < -0.4 is 5.32 Å². The van der Waals surface area contributed by atoms with Crippen LogP contribution in [0.5, 0.6) is 0 Å². The smallest absolute Gasteiger partial charge is 0.257 e. The maximum Gasteiger partial charge on any atom is 0.257 e. The Hall–Kier alpha value is -2.37. The van der Waals surface area contributed by atoms with E-state index in [0.29, 0.717) is 10.9 Å². The zero-order valence-corrected chi connectivity index (χ0v) is 14.0. The van der Waals surface area contributed by atoms with Crippen LogP contribution >= 0.6 is 23.2 Å². The Morgan fingerprint density at radius 3 is 2.42 bits per heavy atom. The standard InChI is InChI=1S/C17H11Cl2FN2O2/c1-9(23)22-8-12(11-7-10(20)5-6-15(11)22)17(24)21-16-13(18)3-2-4-14(16)19/h2-8H,1H3,(H,21,24). The van der Waals surface area contributed by atoms with Gasteiger partial charge in [0.1, 0.15) is 5.82 Å². The fourth-order valence-corrected chi connectivity index (χ4v) is 2.93. The minimum atomic E-state index is -0.541. The fraction of sp³-hybridized carbons (Fsp3) is 0.0588. The number of benzene rings is 2. The van der Waals surface area contributed by atoms with Crippen LogP contribution in [0.1, 0.15) is 22.1 Å². The summed E-state index contributed by atoms with van der Waals surface area (Å²) in [5.41, 5.74) is 0.848. The SMILES string of the molecule is CC(=O)n1cc(C(=O)Nc2c(Cl)cccc2Cl)c2cc(F)ccc21. The molecule has 4 nitrogen and oxygen atoms in total. The Balaban J connectivity index is 2.10. The predicted molar refractivity (Wildman–Crippen MR) is 92.6 cm³/mol. The van der Waals surface area contributed by atoms with E-state index in [-0.39, 0.29) is 27.2 Å². The summed E-state index contributed by atoms with van der Waals surface area (Å²) >= 11 is 12.1. The van der Waals surface area contributed by atoms with Gasteiger partial charge in [-0.05, 0) is 30.3 Å². The van der Waals surface area contributed by atoms with Gasteiger partial charge in [-0.25, -0.2) is 4.39 Å². The number of nitrogens with one attached hydrogen (secondary N) is 1. The summed E-state index contributed by atoms with van der Waals surface area (Å²) in [5.74, 6) is -1.34. The molecule has 0 unspecified atom stereocenters. The van der Waals surface area contributed by atoms with E-state index in [1.165, 1.54) is 35.9 Å². The second-order valence-corrected chi connectivity index (χ2v) is 5.96. The molecule has 0 fully saturated rings. The topological polar surface area (TPSA) is 51.1 Å². The molecular weight excluding hydrogens is 354 g/mol. The third-order valence-electron chi connectivity index (χ3n) is 3.55. The van der Waals surface area contributed by atoms with E-state index >= 15 is 0 Å².